The molecule has 0 atom stereocenters. The van der Waals surface area contributed by atoms with Gasteiger partial charge in [-0.05, 0) is 6.07 Å². The van der Waals surface area contributed by atoms with Crippen molar-refractivity contribution in [1.29, 1.82) is 0 Å². The Balaban J connectivity index is 2.42. The van der Waals surface area contributed by atoms with E-state index >= 15 is 0 Å². The van der Waals surface area contributed by atoms with Gasteiger partial charge in [0, 0.05) is 19.2 Å². The fraction of sp³-hybridized carbons (Fsp3) is 0.417. The molecule has 1 aromatic rings. The molecule has 0 amide bonds. The lowest BCUT2D eigenvalue weighted by Crippen LogP contribution is -2.36. The summed E-state index contributed by atoms with van der Waals surface area (Å²) in [6, 6.07) is 3.09. The van der Waals surface area contributed by atoms with Crippen LogP contribution in [0.4, 0.5) is 5.69 Å². The zero-order valence-corrected chi connectivity index (χ0v) is 10.7. The first-order valence-corrected chi connectivity index (χ1v) is 5.95. The maximum atomic E-state index is 11.1. The van der Waals surface area contributed by atoms with Crippen molar-refractivity contribution in [1.82, 2.24) is 0 Å². The Morgan fingerprint density at radius 2 is 2.11 bits per heavy atom. The normalized spacial score (nSPS) is 15.6. The predicted octanol–water partition coefficient (Wildman–Crippen LogP) is 1.88. The topological polar surface area (TPSA) is 59.0 Å². The van der Waals surface area contributed by atoms with E-state index in [4.69, 9.17) is 26.2 Å². The quantitative estimate of drug-likeness (QED) is 0.910. The first kappa shape index (κ1) is 13.0. The Hall–Kier alpha value is -1.46. The average Bonchev–Trinajstić information content (AvgIpc) is 2.39. The summed E-state index contributed by atoms with van der Waals surface area (Å²) in [6.07, 6.45) is 0. The van der Waals surface area contributed by atoms with E-state index in [1.165, 1.54) is 13.2 Å². The minimum absolute atomic E-state index is 0.0824. The van der Waals surface area contributed by atoms with Crippen LogP contribution in [0.2, 0.25) is 5.02 Å². The third-order valence-electron chi connectivity index (χ3n) is 2.85. The average molecular weight is 272 g/mol. The lowest BCUT2D eigenvalue weighted by Gasteiger charge is -2.30. The van der Waals surface area contributed by atoms with Crippen LogP contribution < -0.4 is 9.64 Å². The number of rotatable bonds is 3. The lowest BCUT2D eigenvalue weighted by molar-refractivity contribution is 0.0697. The summed E-state index contributed by atoms with van der Waals surface area (Å²) in [5.41, 5.74) is 0.821. The smallest absolute Gasteiger partial charge is 0.337 e. The molecule has 1 heterocycles. The molecule has 1 aliphatic heterocycles. The van der Waals surface area contributed by atoms with Gasteiger partial charge in [0.05, 0.1) is 36.6 Å². The molecule has 98 valence electrons. The first-order chi connectivity index (χ1) is 8.63. The molecule has 5 nitrogen and oxygen atoms in total. The Labute approximate surface area is 110 Å². The number of benzene rings is 1. The Bertz CT molecular complexity index is 458. The number of ether oxygens (including phenoxy) is 2. The van der Waals surface area contributed by atoms with Crippen molar-refractivity contribution in [3.05, 3.63) is 22.7 Å². The summed E-state index contributed by atoms with van der Waals surface area (Å²) >= 11 is 5.91. The maximum absolute atomic E-state index is 11.1. The summed E-state index contributed by atoms with van der Waals surface area (Å²) in [7, 11) is 1.54. The number of carboxylic acid groups (broad SMARTS) is 1. The van der Waals surface area contributed by atoms with Gasteiger partial charge in [-0.25, -0.2) is 4.79 Å². The molecule has 1 aromatic carbocycles. The number of carbonyl (C=O) groups is 1. The molecule has 1 aliphatic rings. The van der Waals surface area contributed by atoms with Crippen molar-refractivity contribution in [3.8, 4) is 5.75 Å². The molecule has 0 aromatic heterocycles. The highest BCUT2D eigenvalue weighted by Gasteiger charge is 2.20. The molecule has 2 rings (SSSR count). The van der Waals surface area contributed by atoms with Crippen molar-refractivity contribution < 1.29 is 19.4 Å². The lowest BCUT2D eigenvalue weighted by atomic mass is 10.1. The van der Waals surface area contributed by atoms with Gasteiger partial charge in [0.15, 0.2) is 0 Å². The van der Waals surface area contributed by atoms with E-state index in [2.05, 4.69) is 0 Å². The molecule has 6 heteroatoms. The highest BCUT2D eigenvalue weighted by molar-refractivity contribution is 6.33. The Morgan fingerprint density at radius 3 is 2.67 bits per heavy atom. The Kier molecular flexibility index (Phi) is 3.93. The van der Waals surface area contributed by atoms with Crippen molar-refractivity contribution in [2.75, 3.05) is 38.3 Å². The monoisotopic (exact) mass is 271 g/mol. The molecule has 0 saturated carbocycles. The molecule has 0 unspecified atom stereocenters. The fourth-order valence-corrected chi connectivity index (χ4v) is 2.16. The van der Waals surface area contributed by atoms with Gasteiger partial charge < -0.3 is 19.5 Å². The van der Waals surface area contributed by atoms with Gasteiger partial charge in [-0.1, -0.05) is 11.6 Å². The molecule has 18 heavy (non-hydrogen) atoms. The molecule has 0 spiro atoms. The molecule has 1 saturated heterocycles. The highest BCUT2D eigenvalue weighted by Crippen LogP contribution is 2.34. The second-order valence-electron chi connectivity index (χ2n) is 3.91. The van der Waals surface area contributed by atoms with Gasteiger partial charge in [0.25, 0.3) is 0 Å². The second-order valence-corrected chi connectivity index (χ2v) is 4.32. The number of carboxylic acids is 1. The molecular formula is C12H14ClNO4. The number of aromatic carboxylic acids is 1. The molecule has 0 radical (unpaired) electrons. The number of hydrogen-bond donors (Lipinski definition) is 1. The fourth-order valence-electron chi connectivity index (χ4n) is 1.92. The van der Waals surface area contributed by atoms with Gasteiger partial charge in [-0.15, -0.1) is 0 Å². The van der Waals surface area contributed by atoms with Crippen molar-refractivity contribution in [3.63, 3.8) is 0 Å². The molecular weight excluding hydrogens is 258 g/mol. The molecule has 1 N–H and O–H groups in total. The molecule has 0 bridgehead atoms. The minimum Gasteiger partial charge on any atom is -0.495 e. The minimum atomic E-state index is -1.04. The van der Waals surface area contributed by atoms with Crippen LogP contribution in [0.15, 0.2) is 12.1 Å². The van der Waals surface area contributed by atoms with Gasteiger partial charge in [-0.2, -0.15) is 0 Å². The number of hydrogen-bond acceptors (Lipinski definition) is 4. The maximum Gasteiger partial charge on any atom is 0.337 e. The summed E-state index contributed by atoms with van der Waals surface area (Å²) in [5, 5.41) is 9.26. The van der Waals surface area contributed by atoms with E-state index in [9.17, 15) is 4.79 Å². The van der Waals surface area contributed by atoms with Crippen LogP contribution in [0.3, 0.4) is 0 Å². The molecule has 0 aliphatic carbocycles. The van der Waals surface area contributed by atoms with Gasteiger partial charge >= 0.3 is 5.97 Å². The number of nitrogens with zero attached hydrogens (tertiary/aromatic N) is 1. The third-order valence-corrected chi connectivity index (χ3v) is 3.16. The van der Waals surface area contributed by atoms with E-state index in [0.717, 1.165) is 5.69 Å². The van der Waals surface area contributed by atoms with Gasteiger partial charge in [-0.3, -0.25) is 0 Å². The summed E-state index contributed by atoms with van der Waals surface area (Å²) in [6.45, 7) is 2.65. The zero-order valence-electron chi connectivity index (χ0n) is 9.98. The second kappa shape index (κ2) is 5.46. The van der Waals surface area contributed by atoms with Crippen molar-refractivity contribution >= 4 is 23.3 Å². The van der Waals surface area contributed by atoms with E-state index in [-0.39, 0.29) is 10.6 Å². The standard InChI is InChI=1S/C12H14ClNO4/c1-17-11-7-9(13)8(12(15)16)6-10(11)14-2-4-18-5-3-14/h6-7H,2-5H2,1H3,(H,15,16). The molecule has 1 fully saturated rings. The van der Waals surface area contributed by atoms with Crippen LogP contribution >= 0.6 is 11.6 Å². The van der Waals surface area contributed by atoms with Gasteiger partial charge in [0.1, 0.15) is 5.75 Å². The number of anilines is 1. The largest absolute Gasteiger partial charge is 0.495 e. The van der Waals surface area contributed by atoms with E-state index in [1.807, 2.05) is 4.90 Å². The van der Waals surface area contributed by atoms with Crippen LogP contribution in [0, 0.1) is 0 Å². The van der Waals surface area contributed by atoms with E-state index in [1.54, 1.807) is 6.07 Å². The van der Waals surface area contributed by atoms with Crippen LogP contribution in [0.1, 0.15) is 10.4 Å². The summed E-state index contributed by atoms with van der Waals surface area (Å²) < 4.78 is 10.5. The highest BCUT2D eigenvalue weighted by atomic mass is 35.5. The number of methoxy groups -OCH3 is 1. The van der Waals surface area contributed by atoms with Crippen LogP contribution in [-0.4, -0.2) is 44.5 Å². The van der Waals surface area contributed by atoms with Crippen LogP contribution in [-0.2, 0) is 4.74 Å². The van der Waals surface area contributed by atoms with E-state index < -0.39 is 5.97 Å². The zero-order chi connectivity index (χ0) is 13.1. The van der Waals surface area contributed by atoms with Crippen molar-refractivity contribution in [2.45, 2.75) is 0 Å². The van der Waals surface area contributed by atoms with E-state index in [0.29, 0.717) is 32.1 Å². The van der Waals surface area contributed by atoms with Gasteiger partial charge in [0.2, 0.25) is 0 Å². The first-order valence-electron chi connectivity index (χ1n) is 5.57. The number of morpholine rings is 1. The van der Waals surface area contributed by atoms with Crippen LogP contribution in [0.5, 0.6) is 5.75 Å². The SMILES string of the molecule is COc1cc(Cl)c(C(=O)O)cc1N1CCOCC1. The number of halogens is 1. The summed E-state index contributed by atoms with van der Waals surface area (Å²) in [5.74, 6) is -0.468. The predicted molar refractivity (Wildman–Crippen MR) is 68.0 cm³/mol. The Morgan fingerprint density at radius 1 is 1.44 bits per heavy atom. The summed E-state index contributed by atoms with van der Waals surface area (Å²) in [4.78, 5) is 13.1. The third kappa shape index (κ3) is 2.52. The van der Waals surface area contributed by atoms with Crippen LogP contribution in [0.25, 0.3) is 0 Å². The van der Waals surface area contributed by atoms with Crippen molar-refractivity contribution in [2.24, 2.45) is 0 Å².